The minimum Gasteiger partial charge on any atom is -0.388 e. The van der Waals surface area contributed by atoms with Crippen molar-refractivity contribution in [3.05, 3.63) is 29.3 Å². The topological polar surface area (TPSA) is 40.5 Å². The Balaban J connectivity index is 2.54. The smallest absolute Gasteiger partial charge is 0.236 e. The molecule has 1 N–H and O–H groups in total. The van der Waals surface area contributed by atoms with E-state index < -0.39 is 11.5 Å². The highest BCUT2D eigenvalue weighted by atomic mass is 16.3. The second-order valence-electron chi connectivity index (χ2n) is 5.19. The number of fused-ring (bicyclic) bond motifs is 1. The number of nitrogens with zero attached hydrogens (tertiary/aromatic N) is 1. The fourth-order valence-electron chi connectivity index (χ4n) is 2.43. The van der Waals surface area contributed by atoms with Gasteiger partial charge in [-0.2, -0.15) is 0 Å². The van der Waals surface area contributed by atoms with E-state index in [-0.39, 0.29) is 5.91 Å². The number of anilines is 1. The van der Waals surface area contributed by atoms with Crippen LogP contribution in [0.1, 0.15) is 44.4 Å². The molecule has 1 aromatic carbocycles. The summed E-state index contributed by atoms with van der Waals surface area (Å²) < 4.78 is 0. The van der Waals surface area contributed by atoms with Gasteiger partial charge >= 0.3 is 0 Å². The van der Waals surface area contributed by atoms with Crippen LogP contribution in [0.25, 0.3) is 0 Å². The number of likely N-dealkylation sites (N-methyl/N-ethyl adjacent to an activating group) is 1. The first-order valence-corrected chi connectivity index (χ1v) is 6.00. The Kier molecular flexibility index (Phi) is 2.74. The molecule has 1 heterocycles. The van der Waals surface area contributed by atoms with Gasteiger partial charge in [0.1, 0.15) is 0 Å². The minimum absolute atomic E-state index is 0.107. The number of hydrogen-bond donors (Lipinski definition) is 1. The zero-order valence-electron chi connectivity index (χ0n) is 10.8. The molecule has 0 aromatic heterocycles. The summed E-state index contributed by atoms with van der Waals surface area (Å²) in [6, 6.07) is 5.79. The number of aliphatic hydroxyl groups is 1. The Bertz CT molecular complexity index is 465. The maximum Gasteiger partial charge on any atom is 0.236 e. The van der Waals surface area contributed by atoms with Crippen molar-refractivity contribution in [3.63, 3.8) is 0 Å². The molecular weight excluding hydrogens is 214 g/mol. The van der Waals surface area contributed by atoms with Crippen LogP contribution in [-0.2, 0) is 10.2 Å². The molecule has 0 aliphatic carbocycles. The van der Waals surface area contributed by atoms with Gasteiger partial charge in [-0.15, -0.1) is 0 Å². The van der Waals surface area contributed by atoms with E-state index in [1.54, 1.807) is 11.9 Å². The molecule has 0 spiro atoms. The Morgan fingerprint density at radius 1 is 1.41 bits per heavy atom. The van der Waals surface area contributed by atoms with Gasteiger partial charge < -0.3 is 10.0 Å². The number of carbonyl (C=O) groups is 1. The van der Waals surface area contributed by atoms with Gasteiger partial charge in [-0.3, -0.25) is 4.79 Å². The van der Waals surface area contributed by atoms with E-state index >= 15 is 0 Å². The fourth-order valence-corrected chi connectivity index (χ4v) is 2.43. The van der Waals surface area contributed by atoms with Crippen LogP contribution in [0.15, 0.2) is 18.2 Å². The Morgan fingerprint density at radius 3 is 2.65 bits per heavy atom. The molecular formula is C14H19NO2. The third kappa shape index (κ3) is 1.65. The van der Waals surface area contributed by atoms with E-state index in [4.69, 9.17) is 0 Å². The van der Waals surface area contributed by atoms with Crippen molar-refractivity contribution >= 4 is 11.6 Å². The van der Waals surface area contributed by atoms with Gasteiger partial charge in [-0.1, -0.05) is 19.1 Å². The number of amides is 1. The molecule has 1 aliphatic rings. The van der Waals surface area contributed by atoms with Gasteiger partial charge in [-0.05, 0) is 37.5 Å². The molecule has 1 aliphatic heterocycles. The van der Waals surface area contributed by atoms with E-state index in [1.807, 2.05) is 39.0 Å². The number of carbonyl (C=O) groups excluding carboxylic acids is 1. The van der Waals surface area contributed by atoms with E-state index in [1.165, 1.54) is 0 Å². The van der Waals surface area contributed by atoms with Crippen molar-refractivity contribution in [1.29, 1.82) is 0 Å². The van der Waals surface area contributed by atoms with Crippen LogP contribution in [0, 0.1) is 0 Å². The predicted molar refractivity (Wildman–Crippen MR) is 68.1 cm³/mol. The van der Waals surface area contributed by atoms with E-state index in [0.717, 1.165) is 16.8 Å². The highest BCUT2D eigenvalue weighted by Crippen LogP contribution is 2.41. The average Bonchev–Trinajstić information content (AvgIpc) is 2.50. The Hall–Kier alpha value is -1.35. The highest BCUT2D eigenvalue weighted by molar-refractivity contribution is 6.07. The van der Waals surface area contributed by atoms with Gasteiger partial charge in [0, 0.05) is 12.7 Å². The minimum atomic E-state index is -0.493. The van der Waals surface area contributed by atoms with Gasteiger partial charge in [0.2, 0.25) is 5.91 Å². The van der Waals surface area contributed by atoms with Crippen LogP contribution >= 0.6 is 0 Å². The molecule has 1 amide bonds. The first-order valence-electron chi connectivity index (χ1n) is 6.00. The second-order valence-corrected chi connectivity index (χ2v) is 5.19. The molecule has 92 valence electrons. The molecule has 17 heavy (non-hydrogen) atoms. The third-order valence-electron chi connectivity index (χ3n) is 3.67. The number of hydrogen-bond acceptors (Lipinski definition) is 2. The van der Waals surface area contributed by atoms with E-state index in [2.05, 4.69) is 0 Å². The van der Waals surface area contributed by atoms with Crippen molar-refractivity contribution in [2.75, 3.05) is 11.9 Å². The summed E-state index contributed by atoms with van der Waals surface area (Å²) in [4.78, 5) is 13.8. The van der Waals surface area contributed by atoms with Gasteiger partial charge in [0.25, 0.3) is 0 Å². The van der Waals surface area contributed by atoms with Crippen LogP contribution < -0.4 is 4.90 Å². The first kappa shape index (κ1) is 12.1. The fraction of sp³-hybridized carbons (Fsp3) is 0.500. The summed E-state index contributed by atoms with van der Waals surface area (Å²) >= 11 is 0. The summed E-state index contributed by atoms with van der Waals surface area (Å²) in [7, 11) is 1.80. The molecule has 0 fully saturated rings. The van der Waals surface area contributed by atoms with Crippen LogP contribution in [0.5, 0.6) is 0 Å². The summed E-state index contributed by atoms with van der Waals surface area (Å²) in [6.45, 7) is 5.81. The molecule has 2 rings (SSSR count). The molecule has 3 nitrogen and oxygen atoms in total. The monoisotopic (exact) mass is 233 g/mol. The molecule has 1 aromatic rings. The molecule has 0 saturated carbocycles. The lowest BCUT2D eigenvalue weighted by atomic mass is 9.85. The second kappa shape index (κ2) is 3.84. The van der Waals surface area contributed by atoms with Gasteiger partial charge in [-0.25, -0.2) is 0 Å². The first-order chi connectivity index (χ1) is 7.89. The maximum atomic E-state index is 12.1. The van der Waals surface area contributed by atoms with Crippen LogP contribution in [0.4, 0.5) is 5.69 Å². The normalized spacial score (nSPS) is 19.4. The van der Waals surface area contributed by atoms with Crippen molar-refractivity contribution in [2.24, 2.45) is 0 Å². The van der Waals surface area contributed by atoms with Gasteiger partial charge in [0.15, 0.2) is 0 Å². The largest absolute Gasteiger partial charge is 0.388 e. The van der Waals surface area contributed by atoms with Crippen LogP contribution in [0.3, 0.4) is 0 Å². The number of rotatable bonds is 2. The quantitative estimate of drug-likeness (QED) is 0.852. The molecule has 0 radical (unpaired) electrons. The van der Waals surface area contributed by atoms with Crippen molar-refractivity contribution in [1.82, 2.24) is 0 Å². The standard InChI is InChI=1S/C14H19NO2/c1-5-12(16)9-6-7-11-10(8-9)14(2,3)13(17)15(11)4/h6-8,12,16H,5H2,1-4H3. The van der Waals surface area contributed by atoms with E-state index in [9.17, 15) is 9.90 Å². The summed E-state index contributed by atoms with van der Waals surface area (Å²) in [6.07, 6.45) is 0.236. The Labute approximate surface area is 102 Å². The van der Waals surface area contributed by atoms with Crippen LogP contribution in [0.2, 0.25) is 0 Å². The number of benzene rings is 1. The van der Waals surface area contributed by atoms with Crippen molar-refractivity contribution in [2.45, 2.75) is 38.7 Å². The summed E-state index contributed by atoms with van der Waals surface area (Å²) in [5, 5.41) is 9.86. The SMILES string of the molecule is CCC(O)c1ccc2c(c1)C(C)(C)C(=O)N2C. The lowest BCUT2D eigenvalue weighted by Crippen LogP contribution is -2.33. The molecule has 0 saturated heterocycles. The number of aliphatic hydroxyl groups excluding tert-OH is 1. The lowest BCUT2D eigenvalue weighted by molar-refractivity contribution is -0.121. The average molecular weight is 233 g/mol. The molecule has 1 atom stereocenters. The zero-order chi connectivity index (χ0) is 12.8. The Morgan fingerprint density at radius 2 is 2.06 bits per heavy atom. The summed E-state index contributed by atoms with van der Waals surface area (Å²) in [5.41, 5.74) is 2.36. The zero-order valence-corrected chi connectivity index (χ0v) is 10.8. The van der Waals surface area contributed by atoms with Crippen LogP contribution in [-0.4, -0.2) is 18.1 Å². The third-order valence-corrected chi connectivity index (χ3v) is 3.67. The highest BCUT2D eigenvalue weighted by Gasteiger charge is 2.42. The van der Waals surface area contributed by atoms with Crippen molar-refractivity contribution < 1.29 is 9.90 Å². The maximum absolute atomic E-state index is 12.1. The lowest BCUT2D eigenvalue weighted by Gasteiger charge is -2.17. The molecule has 0 bridgehead atoms. The molecule has 1 unspecified atom stereocenters. The van der Waals surface area contributed by atoms with Crippen molar-refractivity contribution in [3.8, 4) is 0 Å². The predicted octanol–water partition coefficient (Wildman–Crippen LogP) is 2.38. The van der Waals surface area contributed by atoms with E-state index in [0.29, 0.717) is 6.42 Å². The molecule has 3 heteroatoms. The van der Waals surface area contributed by atoms with Gasteiger partial charge in [0.05, 0.1) is 11.5 Å². The summed E-state index contributed by atoms with van der Waals surface area (Å²) in [5.74, 6) is 0.107.